The number of hydrogen-bond acceptors (Lipinski definition) is 3. The van der Waals surface area contributed by atoms with Crippen molar-refractivity contribution in [1.82, 2.24) is 15.2 Å². The number of hydrogen-bond donors (Lipinski definition) is 3. The number of nitrogens with one attached hydrogen (secondary N) is 2. The molecule has 0 fully saturated rings. The zero-order chi connectivity index (χ0) is 19.1. The smallest absolute Gasteiger partial charge is 0.267 e. The molecule has 2 unspecified atom stereocenters. The van der Waals surface area contributed by atoms with E-state index < -0.39 is 18.0 Å². The standard InChI is InChI=1S/C17H27FN4O3/c1-10(2)5-13(18)17(25)22(4)9-11(3)7-21-16(24)14-6-12(8-20-14)15(19)23/h6,8,10-11,13,20H,5,7,9H2,1-4H3,(H2,19,23)(H,21,24). The van der Waals surface area contributed by atoms with Crippen LogP contribution in [-0.2, 0) is 4.79 Å². The number of rotatable bonds is 9. The van der Waals surface area contributed by atoms with Crippen LogP contribution in [0.1, 0.15) is 48.0 Å². The number of nitrogens with two attached hydrogens (primary N) is 1. The van der Waals surface area contributed by atoms with Gasteiger partial charge in [-0.05, 0) is 24.3 Å². The lowest BCUT2D eigenvalue weighted by molar-refractivity contribution is -0.136. The number of carbonyl (C=O) groups excluding carboxylic acids is 3. The average molecular weight is 354 g/mol. The van der Waals surface area contributed by atoms with Crippen molar-refractivity contribution in [3.8, 4) is 0 Å². The summed E-state index contributed by atoms with van der Waals surface area (Å²) in [6.07, 6.45) is 0.0601. The fourth-order valence-corrected chi connectivity index (χ4v) is 2.41. The van der Waals surface area contributed by atoms with Crippen molar-refractivity contribution >= 4 is 17.7 Å². The predicted molar refractivity (Wildman–Crippen MR) is 92.8 cm³/mol. The maximum atomic E-state index is 13.8. The third-order valence-corrected chi connectivity index (χ3v) is 3.73. The van der Waals surface area contributed by atoms with E-state index in [1.807, 2.05) is 20.8 Å². The molecule has 1 aromatic rings. The van der Waals surface area contributed by atoms with Gasteiger partial charge in [-0.25, -0.2) is 4.39 Å². The summed E-state index contributed by atoms with van der Waals surface area (Å²) in [5, 5.41) is 2.70. The van der Waals surface area contributed by atoms with Crippen LogP contribution >= 0.6 is 0 Å². The highest BCUT2D eigenvalue weighted by Gasteiger charge is 2.23. The van der Waals surface area contributed by atoms with Crippen LogP contribution in [0.4, 0.5) is 4.39 Å². The van der Waals surface area contributed by atoms with Crippen LogP contribution in [0.2, 0.25) is 0 Å². The molecule has 140 valence electrons. The molecule has 2 atom stereocenters. The van der Waals surface area contributed by atoms with E-state index in [1.54, 1.807) is 7.05 Å². The number of aromatic nitrogens is 1. The minimum atomic E-state index is -1.50. The summed E-state index contributed by atoms with van der Waals surface area (Å²) >= 11 is 0. The van der Waals surface area contributed by atoms with Crippen LogP contribution in [-0.4, -0.2) is 53.9 Å². The molecule has 0 saturated carbocycles. The average Bonchev–Trinajstić information content (AvgIpc) is 3.01. The first-order valence-corrected chi connectivity index (χ1v) is 8.27. The molecule has 7 nitrogen and oxygen atoms in total. The lowest BCUT2D eigenvalue weighted by atomic mass is 10.1. The Kier molecular flexibility index (Phi) is 7.60. The van der Waals surface area contributed by atoms with Gasteiger partial charge in [0.05, 0.1) is 5.56 Å². The molecule has 1 aromatic heterocycles. The molecule has 0 radical (unpaired) electrons. The number of carbonyl (C=O) groups is 3. The van der Waals surface area contributed by atoms with Crippen LogP contribution in [0.25, 0.3) is 0 Å². The van der Waals surface area contributed by atoms with Crippen LogP contribution in [0.5, 0.6) is 0 Å². The fraction of sp³-hybridized carbons (Fsp3) is 0.588. The monoisotopic (exact) mass is 354 g/mol. The van der Waals surface area contributed by atoms with Gasteiger partial charge in [0.1, 0.15) is 5.69 Å². The van der Waals surface area contributed by atoms with Gasteiger partial charge in [-0.2, -0.15) is 0 Å². The molecule has 0 aromatic carbocycles. The van der Waals surface area contributed by atoms with Gasteiger partial charge < -0.3 is 20.9 Å². The summed E-state index contributed by atoms with van der Waals surface area (Å²) in [6.45, 7) is 6.21. The third-order valence-electron chi connectivity index (χ3n) is 3.73. The molecule has 0 bridgehead atoms. The number of primary amides is 1. The second kappa shape index (κ2) is 9.19. The Morgan fingerprint density at radius 2 is 1.96 bits per heavy atom. The first-order chi connectivity index (χ1) is 11.6. The molecular weight excluding hydrogens is 327 g/mol. The van der Waals surface area contributed by atoms with Gasteiger partial charge in [0.2, 0.25) is 5.91 Å². The molecular formula is C17H27FN4O3. The normalized spacial score (nSPS) is 13.4. The van der Waals surface area contributed by atoms with E-state index >= 15 is 0 Å². The number of alkyl halides is 1. The molecule has 4 N–H and O–H groups in total. The molecule has 8 heteroatoms. The van der Waals surface area contributed by atoms with Gasteiger partial charge in [0.15, 0.2) is 6.17 Å². The summed E-state index contributed by atoms with van der Waals surface area (Å²) in [5.74, 6) is -1.49. The van der Waals surface area contributed by atoms with E-state index in [0.717, 1.165) is 0 Å². The topological polar surface area (TPSA) is 108 Å². The van der Waals surface area contributed by atoms with Crippen LogP contribution in [0, 0.1) is 11.8 Å². The van der Waals surface area contributed by atoms with Gasteiger partial charge >= 0.3 is 0 Å². The van der Waals surface area contributed by atoms with Crippen LogP contribution in [0.15, 0.2) is 12.3 Å². The minimum Gasteiger partial charge on any atom is -0.366 e. The maximum Gasteiger partial charge on any atom is 0.267 e. The van der Waals surface area contributed by atoms with E-state index in [4.69, 9.17) is 5.73 Å². The molecule has 0 spiro atoms. The number of amides is 3. The van der Waals surface area contributed by atoms with Crippen molar-refractivity contribution in [2.75, 3.05) is 20.1 Å². The number of nitrogens with zero attached hydrogens (tertiary/aromatic N) is 1. The van der Waals surface area contributed by atoms with E-state index in [9.17, 15) is 18.8 Å². The van der Waals surface area contributed by atoms with E-state index in [1.165, 1.54) is 17.2 Å². The second-order valence-electron chi connectivity index (χ2n) is 6.80. The second-order valence-corrected chi connectivity index (χ2v) is 6.80. The SMILES string of the molecule is CC(C)CC(F)C(=O)N(C)CC(C)CNC(=O)c1cc(C(N)=O)c[nH]1. The Hall–Kier alpha value is -2.38. The number of halogens is 1. The highest BCUT2D eigenvalue weighted by molar-refractivity contribution is 5.98. The Morgan fingerprint density at radius 1 is 1.32 bits per heavy atom. The molecule has 0 aliphatic heterocycles. The Labute approximate surface area is 147 Å². The molecule has 1 rings (SSSR count). The first-order valence-electron chi connectivity index (χ1n) is 8.27. The van der Waals surface area contributed by atoms with Gasteiger partial charge in [-0.15, -0.1) is 0 Å². The molecule has 1 heterocycles. The van der Waals surface area contributed by atoms with E-state index in [2.05, 4.69) is 10.3 Å². The van der Waals surface area contributed by atoms with Crippen molar-refractivity contribution < 1.29 is 18.8 Å². The van der Waals surface area contributed by atoms with E-state index in [0.29, 0.717) is 13.1 Å². The maximum absolute atomic E-state index is 13.8. The van der Waals surface area contributed by atoms with Gasteiger partial charge in [0.25, 0.3) is 11.8 Å². The Bertz CT molecular complexity index is 615. The Balaban J connectivity index is 2.45. The van der Waals surface area contributed by atoms with Crippen LogP contribution in [0.3, 0.4) is 0 Å². The van der Waals surface area contributed by atoms with E-state index in [-0.39, 0.29) is 35.4 Å². The van der Waals surface area contributed by atoms with Crippen molar-refractivity contribution in [3.63, 3.8) is 0 Å². The van der Waals surface area contributed by atoms with Crippen molar-refractivity contribution in [3.05, 3.63) is 23.5 Å². The largest absolute Gasteiger partial charge is 0.366 e. The lowest BCUT2D eigenvalue weighted by Crippen LogP contribution is -2.40. The highest BCUT2D eigenvalue weighted by Crippen LogP contribution is 2.11. The quantitative estimate of drug-likeness (QED) is 0.622. The summed E-state index contributed by atoms with van der Waals surface area (Å²) in [5.41, 5.74) is 5.58. The van der Waals surface area contributed by atoms with Gasteiger partial charge in [-0.3, -0.25) is 14.4 Å². The summed E-state index contributed by atoms with van der Waals surface area (Å²) < 4.78 is 13.8. The van der Waals surface area contributed by atoms with Gasteiger partial charge in [-0.1, -0.05) is 20.8 Å². The zero-order valence-corrected chi connectivity index (χ0v) is 15.1. The molecule has 25 heavy (non-hydrogen) atoms. The lowest BCUT2D eigenvalue weighted by Gasteiger charge is -2.24. The zero-order valence-electron chi connectivity index (χ0n) is 15.1. The summed E-state index contributed by atoms with van der Waals surface area (Å²) in [4.78, 5) is 39.0. The van der Waals surface area contributed by atoms with Crippen molar-refractivity contribution in [2.45, 2.75) is 33.4 Å². The van der Waals surface area contributed by atoms with Crippen molar-refractivity contribution in [1.29, 1.82) is 0 Å². The highest BCUT2D eigenvalue weighted by atomic mass is 19.1. The van der Waals surface area contributed by atoms with Gasteiger partial charge in [0, 0.05) is 26.3 Å². The third kappa shape index (κ3) is 6.56. The first kappa shape index (κ1) is 20.7. The van der Waals surface area contributed by atoms with Crippen molar-refractivity contribution in [2.24, 2.45) is 17.6 Å². The molecule has 0 aliphatic rings. The number of H-pyrrole nitrogens is 1. The predicted octanol–water partition coefficient (Wildman–Crippen LogP) is 1.32. The Morgan fingerprint density at radius 3 is 2.48 bits per heavy atom. The summed E-state index contributed by atoms with van der Waals surface area (Å²) in [6, 6.07) is 1.37. The number of aromatic amines is 1. The molecule has 0 aliphatic carbocycles. The molecule has 0 saturated heterocycles. The summed E-state index contributed by atoms with van der Waals surface area (Å²) in [7, 11) is 1.55. The minimum absolute atomic E-state index is 0.0604. The fourth-order valence-electron chi connectivity index (χ4n) is 2.41. The molecule has 3 amide bonds. The van der Waals surface area contributed by atoms with Crippen LogP contribution < -0.4 is 11.1 Å².